The van der Waals surface area contributed by atoms with Crippen LogP contribution < -0.4 is 0 Å². The SMILES string of the molecule is [C-]#[N+]c1c(C#N)c(-n2c3ccc(-c4ccccc4)cc3c3cc(-c4ccccc4)ccc32)c2c(c1-n1c3ccc(-c4ccccc4)cc3c3cc(-c4ccccc4)ccc31)C1(C)CC2(C)c2ccccc21. The van der Waals surface area contributed by atoms with Gasteiger partial charge in [-0.3, -0.25) is 0 Å². The number of hydrogen-bond donors (Lipinski definition) is 0. The molecular weight excluding hydrogens is 861 g/mol. The maximum Gasteiger partial charge on any atom is 0.230 e. The Balaban J connectivity index is 1.14. The number of hydrogen-bond acceptors (Lipinski definition) is 1. The number of nitriles is 1. The smallest absolute Gasteiger partial charge is 0.230 e. The molecule has 2 bridgehead atoms. The van der Waals surface area contributed by atoms with E-state index in [2.05, 4.69) is 252 Å². The summed E-state index contributed by atoms with van der Waals surface area (Å²) in [4.78, 5) is 4.54. The molecule has 332 valence electrons. The molecule has 0 saturated carbocycles. The van der Waals surface area contributed by atoms with Gasteiger partial charge in [0.05, 0.1) is 51.6 Å². The van der Waals surface area contributed by atoms with E-state index in [1.807, 2.05) is 0 Å². The van der Waals surface area contributed by atoms with Crippen molar-refractivity contribution >= 4 is 49.3 Å². The standard InChI is InChI=1S/C67H44N4/c1-66-41-67(2,56-27-17-16-26-55(56)66)62-61(66)64(70-57-32-28-46(42-18-8-4-9-19-42)36-50(57)51-37-47(29-33-58(51)70)43-20-10-5-11-21-43)54(40-68)63(69-3)65(62)71-59-34-30-48(44-22-12-6-13-23-44)38-52(59)53-39-49(31-35-60(53)71)45-24-14-7-15-25-45/h4-39H,41H2,1-2H3. The second kappa shape index (κ2) is 15.1. The van der Waals surface area contributed by atoms with E-state index in [9.17, 15) is 11.8 Å². The molecule has 2 aliphatic rings. The summed E-state index contributed by atoms with van der Waals surface area (Å²) in [6.45, 7) is 14.1. The van der Waals surface area contributed by atoms with Crippen LogP contribution in [0.3, 0.4) is 0 Å². The van der Waals surface area contributed by atoms with Gasteiger partial charge in [0.1, 0.15) is 0 Å². The van der Waals surface area contributed by atoms with E-state index in [1.165, 1.54) is 11.1 Å². The van der Waals surface area contributed by atoms with E-state index < -0.39 is 10.8 Å². The Morgan fingerprint density at radius 2 is 0.718 bits per heavy atom. The second-order valence-electron chi connectivity index (χ2n) is 19.8. The summed E-state index contributed by atoms with van der Waals surface area (Å²) in [7, 11) is 0. The largest absolute Gasteiger partial charge is 0.319 e. The fraction of sp³-hybridized carbons (Fsp3) is 0.0746. The molecule has 71 heavy (non-hydrogen) atoms. The number of rotatable bonds is 6. The second-order valence-corrected chi connectivity index (χ2v) is 19.8. The van der Waals surface area contributed by atoms with Crippen LogP contribution in [0.5, 0.6) is 0 Å². The van der Waals surface area contributed by atoms with Crippen LogP contribution in [0, 0.1) is 17.9 Å². The Kier molecular flexibility index (Phi) is 8.70. The lowest BCUT2D eigenvalue weighted by Crippen LogP contribution is -2.26. The molecule has 0 saturated heterocycles. The third kappa shape index (κ3) is 5.71. The van der Waals surface area contributed by atoms with Gasteiger partial charge in [-0.15, -0.1) is 0 Å². The zero-order valence-corrected chi connectivity index (χ0v) is 39.3. The third-order valence-corrected chi connectivity index (χ3v) is 16.0. The summed E-state index contributed by atoms with van der Waals surface area (Å²) >= 11 is 0. The molecule has 0 radical (unpaired) electrons. The number of benzene rings is 10. The van der Waals surface area contributed by atoms with Crippen LogP contribution in [0.2, 0.25) is 0 Å². The fourth-order valence-electron chi connectivity index (χ4n) is 13.0. The van der Waals surface area contributed by atoms with E-state index in [1.54, 1.807) is 0 Å². The lowest BCUT2D eigenvalue weighted by atomic mass is 9.71. The molecule has 2 unspecified atom stereocenters. The topological polar surface area (TPSA) is 38.0 Å². The molecule has 14 rings (SSSR count). The van der Waals surface area contributed by atoms with Gasteiger partial charge in [0, 0.05) is 32.4 Å². The van der Waals surface area contributed by atoms with Crippen molar-refractivity contribution in [3.8, 4) is 62.0 Å². The van der Waals surface area contributed by atoms with Gasteiger partial charge in [0.25, 0.3) is 0 Å². The predicted octanol–water partition coefficient (Wildman–Crippen LogP) is 17.3. The highest BCUT2D eigenvalue weighted by molar-refractivity contribution is 6.14. The molecule has 0 N–H and O–H groups in total. The van der Waals surface area contributed by atoms with E-state index >= 15 is 0 Å². The lowest BCUT2D eigenvalue weighted by molar-refractivity contribution is 0.510. The van der Waals surface area contributed by atoms with Crippen LogP contribution in [0.25, 0.3) is 104 Å². The molecule has 2 aromatic heterocycles. The minimum Gasteiger partial charge on any atom is -0.319 e. The molecule has 4 heteroatoms. The van der Waals surface area contributed by atoms with Crippen molar-refractivity contribution in [2.24, 2.45) is 0 Å². The summed E-state index contributed by atoms with van der Waals surface area (Å²) in [5.41, 5.74) is 19.2. The first-order valence-electron chi connectivity index (χ1n) is 24.4. The molecule has 2 atom stereocenters. The zero-order chi connectivity index (χ0) is 47.6. The molecule has 0 amide bonds. The molecule has 0 fully saturated rings. The monoisotopic (exact) mass is 904 g/mol. The van der Waals surface area contributed by atoms with Crippen molar-refractivity contribution in [3.63, 3.8) is 0 Å². The van der Waals surface area contributed by atoms with Gasteiger partial charge < -0.3 is 9.13 Å². The van der Waals surface area contributed by atoms with Crippen molar-refractivity contribution in [1.29, 1.82) is 5.26 Å². The van der Waals surface area contributed by atoms with Gasteiger partial charge in [-0.1, -0.05) is 184 Å². The maximum atomic E-state index is 12.0. The third-order valence-electron chi connectivity index (χ3n) is 16.0. The van der Waals surface area contributed by atoms with Gasteiger partial charge in [0.2, 0.25) is 5.69 Å². The average molecular weight is 905 g/mol. The summed E-state index contributed by atoms with van der Waals surface area (Å²) in [5, 5.41) is 16.3. The molecule has 12 aromatic rings. The van der Waals surface area contributed by atoms with E-state index in [-0.39, 0.29) is 0 Å². The fourth-order valence-corrected chi connectivity index (χ4v) is 13.0. The predicted molar refractivity (Wildman–Crippen MR) is 292 cm³/mol. The molecular formula is C67H44N4. The van der Waals surface area contributed by atoms with Gasteiger partial charge in [-0.2, -0.15) is 5.26 Å². The maximum absolute atomic E-state index is 12.0. The minimum absolute atomic E-state index is 0.367. The van der Waals surface area contributed by atoms with Gasteiger partial charge in [-0.05, 0) is 122 Å². The van der Waals surface area contributed by atoms with Crippen molar-refractivity contribution in [2.75, 3.05) is 0 Å². The highest BCUT2D eigenvalue weighted by Gasteiger charge is 2.60. The molecule has 0 spiro atoms. The van der Waals surface area contributed by atoms with E-state index in [0.717, 1.165) is 117 Å². The Morgan fingerprint density at radius 3 is 1.04 bits per heavy atom. The number of fused-ring (bicyclic) bond motifs is 14. The normalized spacial score (nSPS) is 16.6. The Hall–Kier alpha value is -9.22. The van der Waals surface area contributed by atoms with Crippen molar-refractivity contribution in [3.05, 3.63) is 258 Å². The van der Waals surface area contributed by atoms with Crippen LogP contribution in [0.4, 0.5) is 5.69 Å². The van der Waals surface area contributed by atoms with Gasteiger partial charge in [0.15, 0.2) is 0 Å². The lowest BCUT2D eigenvalue weighted by Gasteiger charge is -2.36. The van der Waals surface area contributed by atoms with Crippen molar-refractivity contribution in [1.82, 2.24) is 9.13 Å². The zero-order valence-electron chi connectivity index (χ0n) is 39.3. The first-order chi connectivity index (χ1) is 34.9. The molecule has 4 nitrogen and oxygen atoms in total. The highest BCUT2D eigenvalue weighted by atomic mass is 15.0. The van der Waals surface area contributed by atoms with Crippen LogP contribution in [0.1, 0.15) is 48.1 Å². The molecule has 2 heterocycles. The number of aromatic nitrogens is 2. The summed E-state index contributed by atoms with van der Waals surface area (Å²) < 4.78 is 4.68. The van der Waals surface area contributed by atoms with Crippen LogP contribution in [-0.4, -0.2) is 9.13 Å². The van der Waals surface area contributed by atoms with Crippen LogP contribution in [-0.2, 0) is 10.8 Å². The Labute approximate surface area is 412 Å². The highest BCUT2D eigenvalue weighted by Crippen LogP contribution is 2.68. The number of nitrogens with zero attached hydrogens (tertiary/aromatic N) is 4. The summed E-state index contributed by atoms with van der Waals surface area (Å²) in [5.74, 6) is 0. The van der Waals surface area contributed by atoms with Gasteiger partial charge >= 0.3 is 0 Å². The Bertz CT molecular complexity index is 3810. The Morgan fingerprint density at radius 1 is 0.408 bits per heavy atom. The molecule has 2 aliphatic carbocycles. The van der Waals surface area contributed by atoms with Crippen molar-refractivity contribution < 1.29 is 0 Å². The van der Waals surface area contributed by atoms with Gasteiger partial charge in [-0.25, -0.2) is 4.85 Å². The van der Waals surface area contributed by atoms with E-state index in [4.69, 9.17) is 0 Å². The summed E-state index contributed by atoms with van der Waals surface area (Å²) in [6, 6.07) is 80.8. The van der Waals surface area contributed by atoms with Crippen LogP contribution in [0.15, 0.2) is 218 Å². The van der Waals surface area contributed by atoms with Crippen LogP contribution >= 0.6 is 0 Å². The summed E-state index contributed by atoms with van der Waals surface area (Å²) in [6.07, 6.45) is 0.807. The van der Waals surface area contributed by atoms with E-state index in [0.29, 0.717) is 11.3 Å². The molecule has 0 aliphatic heterocycles. The quantitative estimate of drug-likeness (QED) is 0.153. The first-order valence-corrected chi connectivity index (χ1v) is 24.4. The first kappa shape index (κ1) is 40.8. The van der Waals surface area contributed by atoms with Crippen molar-refractivity contribution in [2.45, 2.75) is 31.1 Å². The minimum atomic E-state index is -0.493. The molecule has 10 aromatic carbocycles. The average Bonchev–Trinajstić information content (AvgIpc) is 4.10.